The summed E-state index contributed by atoms with van der Waals surface area (Å²) < 4.78 is 81.3. The molecule has 20 heteroatoms. The van der Waals surface area contributed by atoms with Crippen LogP contribution in [0.15, 0.2) is 273 Å². The average Bonchev–Trinajstić information content (AvgIpc) is 1.56. The van der Waals surface area contributed by atoms with Crippen molar-refractivity contribution in [1.82, 2.24) is 60.8 Å². The minimum Gasteiger partial charge on any atom is -0.380 e. The Kier molecular flexibility index (Phi) is 11.3. The lowest BCUT2D eigenvalue weighted by molar-refractivity contribution is -0.649. The van der Waals surface area contributed by atoms with Crippen molar-refractivity contribution in [2.24, 2.45) is 21.0 Å². The van der Waals surface area contributed by atoms with Crippen molar-refractivity contribution in [3.8, 4) is 62.7 Å². The van der Waals surface area contributed by atoms with E-state index in [1.54, 1.807) is 29.9 Å². The lowest BCUT2D eigenvalue weighted by Crippen LogP contribution is -2.31. The number of aromatic nitrogens is 18. The number of aryl methyl sites for hydroxylation is 3. The van der Waals surface area contributed by atoms with E-state index < -0.39 is 14.0 Å². The number of nitrogens with zero attached hydrogens (tertiary/aromatic N) is 18. The summed E-state index contributed by atoms with van der Waals surface area (Å²) in [6.45, 7) is -0.395. The molecule has 0 aliphatic carbocycles. The number of hydrogen-bond donors (Lipinski definition) is 0. The molecule has 5 aliphatic heterocycles. The molecule has 0 bridgehead atoms. The summed E-state index contributed by atoms with van der Waals surface area (Å²) in [7, 11) is 2.13. The Balaban J connectivity index is 0.0000000850. The number of thiophene rings is 1. The molecule has 21 aromatic rings. The van der Waals surface area contributed by atoms with Gasteiger partial charge in [0.15, 0.2) is 39.9 Å². The Bertz CT molecular complexity index is 7250. The van der Waals surface area contributed by atoms with Crippen molar-refractivity contribution in [3.05, 3.63) is 296 Å². The van der Waals surface area contributed by atoms with Crippen molar-refractivity contribution >= 4 is 99.2 Å². The van der Waals surface area contributed by atoms with Gasteiger partial charge in [0.2, 0.25) is 16.5 Å². The zero-order valence-corrected chi connectivity index (χ0v) is 56.6. The first-order valence-electron chi connectivity index (χ1n) is 37.5. The first kappa shape index (κ1) is 52.5. The van der Waals surface area contributed by atoms with Crippen molar-refractivity contribution < 1.29 is 35.5 Å². The van der Waals surface area contributed by atoms with Crippen molar-refractivity contribution in [3.63, 3.8) is 0 Å². The van der Waals surface area contributed by atoms with Gasteiger partial charge in [-0.3, -0.25) is 8.80 Å². The van der Waals surface area contributed by atoms with Crippen LogP contribution in [0.1, 0.15) is 36.0 Å². The van der Waals surface area contributed by atoms with Gasteiger partial charge in [-0.15, -0.1) is 0 Å². The predicted octanol–water partition coefficient (Wildman–Crippen LogP) is 13.4. The number of fused-ring (bicyclic) bond motifs is 35. The molecular formula is C84H63N18OS+5. The van der Waals surface area contributed by atoms with Crippen LogP contribution in [0.25, 0.3) is 151 Å². The molecule has 0 fully saturated rings. The predicted molar refractivity (Wildman–Crippen MR) is 400 cm³/mol. The van der Waals surface area contributed by atoms with Crippen molar-refractivity contribution in [1.29, 1.82) is 0 Å². The van der Waals surface area contributed by atoms with E-state index in [2.05, 4.69) is 213 Å². The summed E-state index contributed by atoms with van der Waals surface area (Å²) in [5.74, 6) is 4.98. The first-order chi connectivity index (χ1) is 53.8. The Morgan fingerprint density at radius 3 is 1.56 bits per heavy atom. The van der Waals surface area contributed by atoms with Crippen LogP contribution in [-0.2, 0) is 53.7 Å². The van der Waals surface area contributed by atoms with Crippen LogP contribution in [0.5, 0.6) is 0 Å². The van der Waals surface area contributed by atoms with Crippen molar-refractivity contribution in [2.75, 3.05) is 0 Å². The van der Waals surface area contributed by atoms with Gasteiger partial charge in [-0.1, -0.05) is 121 Å². The maximum atomic E-state index is 8.06. The Morgan fingerprint density at radius 1 is 0.433 bits per heavy atom. The van der Waals surface area contributed by atoms with Crippen LogP contribution in [-0.4, -0.2) is 60.8 Å². The van der Waals surface area contributed by atoms with Gasteiger partial charge in [0.1, 0.15) is 34.9 Å². The normalized spacial score (nSPS) is 14.0. The summed E-state index contributed by atoms with van der Waals surface area (Å²) >= 11 is 1.56. The molecule has 0 unspecified atom stereocenters. The molecule has 0 saturated carbocycles. The summed E-state index contributed by atoms with van der Waals surface area (Å²) in [6, 6.07) is 72.1. The molecule has 20 heterocycles. The SMILES string of the molecule is C[n+]1c2n(c3cc4ncccn4c31)Cc1ccccc1-2.[2H]C([2H])([2H])[n+]1c2n(c3cc4ncccn4c31)Cc1ccccc1-2.[2H]C([2H])([2H])n1c2[n+](c3sc4ncccc4c31)Cc1ccccc1-2.c1ccc(-n2c3[n+](c4cc5ncccn5c42)Cc2ccccc2-3)cc1.c1ccc2c(c1)C[n+]1c-2oc2c1cc1ncccn12. The summed E-state index contributed by atoms with van der Waals surface area (Å²) in [4.78, 5) is 23.9. The van der Waals surface area contributed by atoms with Crippen LogP contribution in [0.4, 0.5) is 0 Å². The van der Waals surface area contributed by atoms with Gasteiger partial charge in [-0.05, 0) is 90.0 Å². The minimum atomic E-state index is -2.26. The quantitative estimate of drug-likeness (QED) is 0.150. The molecule has 5 aliphatic rings. The maximum Gasteiger partial charge on any atom is 0.383 e. The zero-order valence-electron chi connectivity index (χ0n) is 61.8. The fraction of sp³-hybridized carbons (Fsp3) is 0.0952. The fourth-order valence-corrected chi connectivity index (χ4v) is 17.8. The zero-order chi connectivity index (χ0) is 73.6. The highest BCUT2D eigenvalue weighted by atomic mass is 32.1. The third-order valence-electron chi connectivity index (χ3n) is 21.1. The van der Waals surface area contributed by atoms with Gasteiger partial charge >= 0.3 is 5.89 Å². The molecular weight excluding hydrogens is 1310 g/mol. The lowest BCUT2D eigenvalue weighted by atomic mass is 10.1. The van der Waals surface area contributed by atoms with E-state index in [0.717, 1.165) is 119 Å². The molecule has 0 amide bonds. The number of benzene rings is 6. The molecule has 26 rings (SSSR count). The summed E-state index contributed by atoms with van der Waals surface area (Å²) in [6.07, 6.45) is 17.0. The number of hydrogen-bond acceptors (Lipinski definition) is 7. The molecule has 19 nitrogen and oxygen atoms in total. The van der Waals surface area contributed by atoms with Gasteiger partial charge in [-0.2, -0.15) is 9.13 Å². The van der Waals surface area contributed by atoms with E-state index in [9.17, 15) is 0 Å². The van der Waals surface area contributed by atoms with E-state index in [0.29, 0.717) is 18.7 Å². The van der Waals surface area contributed by atoms with Gasteiger partial charge in [0.25, 0.3) is 39.8 Å². The standard InChI is InChI=1S/C21H15N4.2C16H13N4.C16H12N3S.C15H10N3O/c1-2-8-16(9-3-1)25-20-17-10-5-4-7-15(17)14-24(20)18-13-19-22-11-6-12-23(19)21(18)25;2*1-18-15-12-6-3-2-5-11(12)10-20(15)13-9-14-17-7-4-8-19(14)16(13)18;1-18-13-12-7-4-8-17-14(12)20-16(13)19-9-10-5-2-3-6-11(10)15(18)19;1-2-5-11-10(4-1)9-18-12-8-13-16-6-3-7-17(13)15(12)19-14(11)18/h1-13H,14H2;2*2-9H,10H2,1H3;2-8H,9H2,1H3;1-8H,9H2/q5*+1/i;1D3;;1D3;. The third kappa shape index (κ3) is 8.38. The maximum absolute atomic E-state index is 8.06. The number of imidazole rings is 4. The molecule has 6 aromatic carbocycles. The van der Waals surface area contributed by atoms with Gasteiger partial charge < -0.3 is 4.42 Å². The molecule has 0 N–H and O–H groups in total. The van der Waals surface area contributed by atoms with Crippen molar-refractivity contribution in [2.45, 2.75) is 32.7 Å². The Hall–Kier alpha value is -13.5. The highest BCUT2D eigenvalue weighted by Gasteiger charge is 2.40. The van der Waals surface area contributed by atoms with Crippen LogP contribution >= 0.6 is 11.3 Å². The lowest BCUT2D eigenvalue weighted by Gasteiger charge is -2.02. The minimum absolute atomic E-state index is 0.664. The van der Waals surface area contributed by atoms with E-state index in [1.807, 2.05) is 119 Å². The number of rotatable bonds is 1. The van der Waals surface area contributed by atoms with E-state index in [4.69, 9.17) is 12.6 Å². The number of oxazole rings is 1. The second kappa shape index (κ2) is 22.3. The highest BCUT2D eigenvalue weighted by molar-refractivity contribution is 7.24. The second-order valence-corrected chi connectivity index (χ2v) is 27.7. The molecule has 0 spiro atoms. The summed E-state index contributed by atoms with van der Waals surface area (Å²) in [5, 5.41) is 0.906. The number of pyridine rings is 1. The van der Waals surface area contributed by atoms with Crippen LogP contribution < -0.4 is 22.8 Å². The molecule has 0 saturated heterocycles. The molecule has 496 valence electrons. The highest BCUT2D eigenvalue weighted by Crippen LogP contribution is 2.41. The fourth-order valence-electron chi connectivity index (χ4n) is 16.7. The third-order valence-corrected chi connectivity index (χ3v) is 22.2. The second-order valence-electron chi connectivity index (χ2n) is 26.7. The Labute approximate surface area is 604 Å². The topological polar surface area (TPSA) is 134 Å². The van der Waals surface area contributed by atoms with Gasteiger partial charge in [-0.25, -0.2) is 65.7 Å². The first-order valence-corrected chi connectivity index (χ1v) is 35.3. The average molecular weight is 1380 g/mol. The molecule has 0 atom stereocenters. The van der Waals surface area contributed by atoms with E-state index in [-0.39, 0.29) is 0 Å². The summed E-state index contributed by atoms with van der Waals surface area (Å²) in [5.41, 5.74) is 26.1. The Morgan fingerprint density at radius 2 is 0.923 bits per heavy atom. The smallest absolute Gasteiger partial charge is 0.380 e. The monoisotopic (exact) mass is 1380 g/mol. The van der Waals surface area contributed by atoms with Crippen LogP contribution in [0.3, 0.4) is 0 Å². The van der Waals surface area contributed by atoms with Crippen LogP contribution in [0.2, 0.25) is 0 Å². The van der Waals surface area contributed by atoms with E-state index in [1.165, 1.54) is 82.2 Å². The molecule has 0 radical (unpaired) electrons. The number of para-hydroxylation sites is 1. The molecule has 15 aromatic heterocycles. The van der Waals surface area contributed by atoms with Crippen LogP contribution in [0, 0.1) is 0 Å². The molecule has 104 heavy (non-hydrogen) atoms. The largest absolute Gasteiger partial charge is 0.383 e. The van der Waals surface area contributed by atoms with Gasteiger partial charge in [0, 0.05) is 78.3 Å². The van der Waals surface area contributed by atoms with E-state index >= 15 is 0 Å². The van der Waals surface area contributed by atoms with Gasteiger partial charge in [0.05, 0.1) is 94.0 Å².